The Morgan fingerprint density at radius 2 is 1.78 bits per heavy atom. The third kappa shape index (κ3) is 5.05. The van der Waals surface area contributed by atoms with Crippen molar-refractivity contribution in [2.45, 2.75) is 11.7 Å². The first-order chi connectivity index (χ1) is 12.9. The fourth-order valence-corrected chi connectivity index (χ4v) is 4.02. The summed E-state index contributed by atoms with van der Waals surface area (Å²) in [5.41, 5.74) is 1.25. The van der Waals surface area contributed by atoms with Crippen molar-refractivity contribution in [1.82, 2.24) is 5.32 Å². The number of amides is 3. The number of para-hydroxylation sites is 1. The quantitative estimate of drug-likeness (QED) is 0.481. The van der Waals surface area contributed by atoms with Gasteiger partial charge in [0, 0.05) is 15.7 Å². The van der Waals surface area contributed by atoms with Crippen LogP contribution in [0, 0.1) is 3.57 Å². The third-order valence-electron chi connectivity index (χ3n) is 3.66. The number of benzene rings is 2. The molecule has 1 aliphatic rings. The van der Waals surface area contributed by atoms with Crippen molar-refractivity contribution in [1.29, 1.82) is 0 Å². The van der Waals surface area contributed by atoms with E-state index in [0.29, 0.717) is 5.69 Å². The zero-order chi connectivity index (χ0) is 19.4. The van der Waals surface area contributed by atoms with E-state index in [0.717, 1.165) is 25.9 Å². The Labute approximate surface area is 179 Å². The van der Waals surface area contributed by atoms with Gasteiger partial charge in [-0.1, -0.05) is 18.2 Å². The molecule has 27 heavy (non-hydrogen) atoms. The summed E-state index contributed by atoms with van der Waals surface area (Å²) in [4.78, 5) is 38.0. The van der Waals surface area contributed by atoms with Gasteiger partial charge in [0.25, 0.3) is 5.24 Å². The Hall–Kier alpha value is -1.98. The Balaban J connectivity index is 1.56. The molecule has 1 unspecified atom stereocenters. The average Bonchev–Trinajstić information content (AvgIpc) is 2.91. The zero-order valence-electron chi connectivity index (χ0n) is 13.8. The molecule has 0 aliphatic carbocycles. The second kappa shape index (κ2) is 8.81. The molecular formula is C18H14IN3O3S2. The average molecular weight is 511 g/mol. The van der Waals surface area contributed by atoms with Crippen LogP contribution in [0.1, 0.15) is 6.42 Å². The van der Waals surface area contributed by atoms with Crippen molar-refractivity contribution in [3.05, 3.63) is 58.2 Å². The van der Waals surface area contributed by atoms with Crippen molar-refractivity contribution < 1.29 is 14.4 Å². The number of anilines is 2. The van der Waals surface area contributed by atoms with Gasteiger partial charge in [0.15, 0.2) is 5.11 Å². The largest absolute Gasteiger partial charge is 0.332 e. The highest BCUT2D eigenvalue weighted by atomic mass is 127. The smallest absolute Gasteiger partial charge is 0.293 e. The van der Waals surface area contributed by atoms with Crippen LogP contribution >= 0.6 is 46.6 Å². The molecule has 1 saturated heterocycles. The van der Waals surface area contributed by atoms with Gasteiger partial charge in [-0.2, -0.15) is 0 Å². The number of hydrogen-bond donors (Lipinski definition) is 2. The molecule has 1 atom stereocenters. The molecule has 2 aromatic rings. The van der Waals surface area contributed by atoms with E-state index in [-0.39, 0.29) is 16.8 Å². The van der Waals surface area contributed by atoms with Gasteiger partial charge in [-0.05, 0) is 83.0 Å². The van der Waals surface area contributed by atoms with Gasteiger partial charge in [0.1, 0.15) is 5.25 Å². The van der Waals surface area contributed by atoms with Gasteiger partial charge >= 0.3 is 0 Å². The Morgan fingerprint density at radius 3 is 2.44 bits per heavy atom. The minimum atomic E-state index is -0.765. The van der Waals surface area contributed by atoms with Crippen molar-refractivity contribution in [2.75, 3.05) is 10.2 Å². The summed E-state index contributed by atoms with van der Waals surface area (Å²) in [5, 5.41) is 4.44. The normalized spacial score (nSPS) is 16.3. The molecule has 0 aromatic heterocycles. The first kappa shape index (κ1) is 19.8. The van der Waals surface area contributed by atoms with E-state index in [9.17, 15) is 14.4 Å². The summed E-state index contributed by atoms with van der Waals surface area (Å²) in [5.74, 6) is -0.825. The van der Waals surface area contributed by atoms with Crippen molar-refractivity contribution in [2.24, 2.45) is 0 Å². The van der Waals surface area contributed by atoms with E-state index < -0.39 is 17.1 Å². The molecular weight excluding hydrogens is 497 g/mol. The van der Waals surface area contributed by atoms with E-state index >= 15 is 0 Å². The molecule has 1 heterocycles. The first-order valence-electron chi connectivity index (χ1n) is 7.90. The van der Waals surface area contributed by atoms with E-state index in [4.69, 9.17) is 12.2 Å². The predicted octanol–water partition coefficient (Wildman–Crippen LogP) is 3.76. The maximum Gasteiger partial charge on any atom is 0.293 e. The number of rotatable bonds is 4. The number of thioether (sulfide) groups is 1. The third-order valence-corrected chi connectivity index (χ3v) is 5.62. The van der Waals surface area contributed by atoms with Gasteiger partial charge < -0.3 is 10.6 Å². The monoisotopic (exact) mass is 511 g/mol. The molecule has 0 saturated carbocycles. The Kier molecular flexibility index (Phi) is 6.45. The van der Waals surface area contributed by atoms with Gasteiger partial charge in [-0.15, -0.1) is 0 Å². The van der Waals surface area contributed by atoms with Crippen molar-refractivity contribution in [3.63, 3.8) is 0 Å². The molecule has 1 fully saturated rings. The maximum atomic E-state index is 12.5. The molecule has 6 nitrogen and oxygen atoms in total. The summed E-state index contributed by atoms with van der Waals surface area (Å²) in [7, 11) is 0. The maximum absolute atomic E-state index is 12.5. The first-order valence-corrected chi connectivity index (χ1v) is 10.3. The van der Waals surface area contributed by atoms with Crippen LogP contribution in [0.5, 0.6) is 0 Å². The number of carbonyl (C=O) groups is 3. The van der Waals surface area contributed by atoms with E-state index in [1.54, 1.807) is 30.3 Å². The molecule has 3 amide bonds. The molecule has 2 N–H and O–H groups in total. The fourth-order valence-electron chi connectivity index (χ4n) is 2.44. The number of hydrogen-bond acceptors (Lipinski definition) is 5. The lowest BCUT2D eigenvalue weighted by atomic mass is 10.2. The lowest BCUT2D eigenvalue weighted by molar-refractivity contribution is -0.123. The summed E-state index contributed by atoms with van der Waals surface area (Å²) in [6.07, 6.45) is -0.132. The highest BCUT2D eigenvalue weighted by molar-refractivity contribution is 14.1. The number of nitrogens with zero attached hydrogens (tertiary/aromatic N) is 1. The van der Waals surface area contributed by atoms with Crippen LogP contribution in [-0.4, -0.2) is 27.4 Å². The molecule has 3 rings (SSSR count). The van der Waals surface area contributed by atoms with E-state index in [1.165, 1.54) is 0 Å². The van der Waals surface area contributed by atoms with Crippen LogP contribution in [0.25, 0.3) is 0 Å². The predicted molar refractivity (Wildman–Crippen MR) is 119 cm³/mol. The number of nitrogens with one attached hydrogen (secondary N) is 2. The standard InChI is InChI=1S/C18H14IN3O3S2/c19-11-6-8-12(9-7-11)20-17(26)21-15(23)10-14-16(24)22(18(25)27-14)13-4-2-1-3-5-13/h1-9,14H,10H2,(H2,20,21,23,26). The number of halogens is 1. The van der Waals surface area contributed by atoms with Crippen LogP contribution in [0.4, 0.5) is 16.2 Å². The summed E-state index contributed by atoms with van der Waals surface area (Å²) in [6.45, 7) is 0. The second-order valence-electron chi connectivity index (χ2n) is 5.59. The molecule has 9 heteroatoms. The molecule has 138 valence electrons. The van der Waals surface area contributed by atoms with Gasteiger partial charge in [-0.3, -0.25) is 14.4 Å². The van der Waals surface area contributed by atoms with E-state index in [2.05, 4.69) is 33.2 Å². The zero-order valence-corrected chi connectivity index (χ0v) is 17.6. The van der Waals surface area contributed by atoms with Crippen LogP contribution in [-0.2, 0) is 9.59 Å². The molecule has 1 aliphatic heterocycles. The fraction of sp³-hybridized carbons (Fsp3) is 0.111. The highest BCUT2D eigenvalue weighted by Gasteiger charge is 2.41. The SMILES string of the molecule is O=C(CC1SC(=O)N(c2ccccc2)C1=O)NC(=S)Nc1ccc(I)cc1. The Bertz CT molecular complexity index is 890. The van der Waals surface area contributed by atoms with Gasteiger partial charge in [-0.25, -0.2) is 4.90 Å². The lowest BCUT2D eigenvalue weighted by Crippen LogP contribution is -2.38. The Morgan fingerprint density at radius 1 is 1.11 bits per heavy atom. The summed E-state index contributed by atoms with van der Waals surface area (Å²) < 4.78 is 1.08. The highest BCUT2D eigenvalue weighted by Crippen LogP contribution is 2.33. The second-order valence-corrected chi connectivity index (χ2v) is 8.40. The molecule has 0 bridgehead atoms. The topological polar surface area (TPSA) is 78.5 Å². The van der Waals surface area contributed by atoms with Crippen molar-refractivity contribution >= 4 is 80.1 Å². The van der Waals surface area contributed by atoms with Crippen LogP contribution in [0.3, 0.4) is 0 Å². The van der Waals surface area contributed by atoms with Crippen LogP contribution in [0.2, 0.25) is 0 Å². The summed E-state index contributed by atoms with van der Waals surface area (Å²) >= 11 is 8.16. The lowest BCUT2D eigenvalue weighted by Gasteiger charge is -2.14. The number of thiocarbonyl (C=S) groups is 1. The molecule has 0 spiro atoms. The van der Waals surface area contributed by atoms with Crippen LogP contribution < -0.4 is 15.5 Å². The van der Waals surface area contributed by atoms with Crippen molar-refractivity contribution in [3.8, 4) is 0 Å². The minimum Gasteiger partial charge on any atom is -0.332 e. The van der Waals surface area contributed by atoms with E-state index in [1.807, 2.05) is 24.3 Å². The number of imide groups is 1. The minimum absolute atomic E-state index is 0.132. The van der Waals surface area contributed by atoms with Gasteiger partial charge in [0.05, 0.1) is 5.69 Å². The van der Waals surface area contributed by atoms with Gasteiger partial charge in [0.2, 0.25) is 11.8 Å². The van der Waals surface area contributed by atoms with Crippen LogP contribution in [0.15, 0.2) is 54.6 Å². The molecule has 2 aromatic carbocycles. The summed E-state index contributed by atoms with van der Waals surface area (Å²) in [6, 6.07) is 16.1. The molecule has 0 radical (unpaired) electrons. The number of carbonyl (C=O) groups excluding carboxylic acids is 3.